The second-order valence-corrected chi connectivity index (χ2v) is 8.18. The number of hydrogen-bond donors (Lipinski definition) is 1. The molecule has 0 radical (unpaired) electrons. The number of aromatic nitrogens is 2. The van der Waals surface area contributed by atoms with Crippen molar-refractivity contribution in [3.63, 3.8) is 0 Å². The zero-order valence-electron chi connectivity index (χ0n) is 18.9. The molecule has 1 atom stereocenters. The molecule has 2 bridgehead atoms. The molecule has 7 heteroatoms. The normalized spacial score (nSPS) is 15.6. The van der Waals surface area contributed by atoms with Crippen LogP contribution in [0.15, 0.2) is 61.2 Å². The lowest BCUT2D eigenvalue weighted by Crippen LogP contribution is -2.44. The third-order valence-corrected chi connectivity index (χ3v) is 5.77. The van der Waals surface area contributed by atoms with E-state index in [0.717, 1.165) is 33.6 Å². The molecule has 1 aliphatic heterocycles. The number of nitrogens with zero attached hydrogens (tertiary/aromatic N) is 3. The molecule has 2 aromatic carbocycles. The van der Waals surface area contributed by atoms with Gasteiger partial charge in [0.1, 0.15) is 18.7 Å². The molecule has 2 heterocycles. The summed E-state index contributed by atoms with van der Waals surface area (Å²) in [4.78, 5) is 22.9. The van der Waals surface area contributed by atoms with Gasteiger partial charge in [-0.25, -0.2) is 9.97 Å². The summed E-state index contributed by atoms with van der Waals surface area (Å²) < 4.78 is 11.8. The van der Waals surface area contributed by atoms with E-state index in [4.69, 9.17) is 15.2 Å². The molecule has 7 nitrogen and oxygen atoms in total. The third kappa shape index (κ3) is 5.94. The molecule has 0 unspecified atom stereocenters. The Bertz CT molecular complexity index is 1070. The van der Waals surface area contributed by atoms with Crippen LogP contribution in [-0.4, -0.2) is 53.2 Å². The number of rotatable bonds is 3. The predicted molar refractivity (Wildman–Crippen MR) is 127 cm³/mol. The Labute approximate surface area is 194 Å². The van der Waals surface area contributed by atoms with Crippen molar-refractivity contribution >= 4 is 5.91 Å². The van der Waals surface area contributed by atoms with Gasteiger partial charge in [0, 0.05) is 37.5 Å². The number of fused-ring (bicyclic) bond motifs is 3. The Hall–Kier alpha value is -3.29. The Morgan fingerprint density at radius 3 is 2.70 bits per heavy atom. The number of benzene rings is 2. The van der Waals surface area contributed by atoms with Gasteiger partial charge in [-0.15, -0.1) is 0 Å². The van der Waals surface area contributed by atoms with Gasteiger partial charge in [-0.1, -0.05) is 37.3 Å². The van der Waals surface area contributed by atoms with E-state index in [1.165, 1.54) is 6.33 Å². The van der Waals surface area contributed by atoms with E-state index in [-0.39, 0.29) is 5.91 Å². The fourth-order valence-electron chi connectivity index (χ4n) is 3.93. The summed E-state index contributed by atoms with van der Waals surface area (Å²) in [5, 5.41) is 0. The van der Waals surface area contributed by atoms with Gasteiger partial charge in [0.2, 0.25) is 5.91 Å². The summed E-state index contributed by atoms with van der Waals surface area (Å²) in [6, 6.07) is 14.0. The van der Waals surface area contributed by atoms with Crippen LogP contribution in [0.1, 0.15) is 30.0 Å². The predicted octanol–water partition coefficient (Wildman–Crippen LogP) is 3.21. The summed E-state index contributed by atoms with van der Waals surface area (Å²) in [7, 11) is 0. The molecule has 0 spiro atoms. The van der Waals surface area contributed by atoms with Gasteiger partial charge in [0.25, 0.3) is 0 Å². The number of amides is 1. The zero-order valence-corrected chi connectivity index (χ0v) is 18.9. The SMILES string of the molecule is CC[C@H](N)C(=O)N1CCOCCOc2ccc(-c3cncnc3)cc2Cc2cccc(c2)C1. The molecule has 1 amide bonds. The Balaban J connectivity index is 1.65. The number of ether oxygens (including phenoxy) is 2. The molecule has 4 rings (SSSR count). The molecule has 0 saturated heterocycles. The van der Waals surface area contributed by atoms with E-state index in [9.17, 15) is 4.79 Å². The van der Waals surface area contributed by atoms with Crippen molar-refractivity contribution in [3.8, 4) is 16.9 Å². The van der Waals surface area contributed by atoms with Gasteiger partial charge in [-0.05, 0) is 40.8 Å². The van der Waals surface area contributed by atoms with Crippen molar-refractivity contribution in [1.29, 1.82) is 0 Å². The molecule has 1 aromatic heterocycles. The van der Waals surface area contributed by atoms with Crippen LogP contribution in [0.4, 0.5) is 0 Å². The van der Waals surface area contributed by atoms with Crippen LogP contribution in [0.2, 0.25) is 0 Å². The Kier molecular flexibility index (Phi) is 7.65. The van der Waals surface area contributed by atoms with Crippen molar-refractivity contribution < 1.29 is 14.3 Å². The summed E-state index contributed by atoms with van der Waals surface area (Å²) in [6.07, 6.45) is 6.45. The number of carbonyl (C=O) groups excluding carboxylic acids is 1. The summed E-state index contributed by atoms with van der Waals surface area (Å²) >= 11 is 0. The van der Waals surface area contributed by atoms with Gasteiger partial charge in [-0.2, -0.15) is 0 Å². The third-order valence-electron chi connectivity index (χ3n) is 5.77. The van der Waals surface area contributed by atoms with E-state index in [2.05, 4.69) is 28.2 Å². The first-order valence-electron chi connectivity index (χ1n) is 11.3. The lowest BCUT2D eigenvalue weighted by atomic mass is 9.98. The van der Waals surface area contributed by atoms with Crippen molar-refractivity contribution in [2.24, 2.45) is 5.73 Å². The average molecular weight is 447 g/mol. The van der Waals surface area contributed by atoms with Crippen molar-refractivity contribution in [3.05, 3.63) is 77.9 Å². The topological polar surface area (TPSA) is 90.6 Å². The van der Waals surface area contributed by atoms with Crippen LogP contribution in [0.5, 0.6) is 5.75 Å². The van der Waals surface area contributed by atoms with Crippen molar-refractivity contribution in [1.82, 2.24) is 14.9 Å². The molecule has 0 saturated carbocycles. The summed E-state index contributed by atoms with van der Waals surface area (Å²) in [6.45, 7) is 4.24. The highest BCUT2D eigenvalue weighted by Crippen LogP contribution is 2.28. The van der Waals surface area contributed by atoms with E-state index in [0.29, 0.717) is 45.8 Å². The fourth-order valence-corrected chi connectivity index (χ4v) is 3.93. The molecule has 172 valence electrons. The van der Waals surface area contributed by atoms with Crippen LogP contribution in [0.25, 0.3) is 11.1 Å². The first-order chi connectivity index (χ1) is 16.1. The molecule has 0 fully saturated rings. The Morgan fingerprint density at radius 2 is 1.88 bits per heavy atom. The van der Waals surface area contributed by atoms with Gasteiger partial charge >= 0.3 is 0 Å². The molecule has 0 aliphatic carbocycles. The molecule has 33 heavy (non-hydrogen) atoms. The van der Waals surface area contributed by atoms with Crippen LogP contribution < -0.4 is 10.5 Å². The van der Waals surface area contributed by atoms with Gasteiger partial charge in [0.15, 0.2) is 0 Å². The highest BCUT2D eigenvalue weighted by atomic mass is 16.5. The summed E-state index contributed by atoms with van der Waals surface area (Å²) in [5.41, 5.74) is 11.3. The van der Waals surface area contributed by atoms with E-state index in [1.807, 2.05) is 31.2 Å². The standard InChI is InChI=1S/C26H30N4O3/c1-2-24(27)26(31)30-8-9-32-10-11-33-25-7-6-21(23-15-28-18-29-16-23)14-22(25)13-19-4-3-5-20(12-19)17-30/h3-7,12,14-16,18,24H,2,8-11,13,17,27H2,1H3/t24-/m0/s1. The second kappa shape index (κ2) is 11.0. The minimum Gasteiger partial charge on any atom is -0.491 e. The summed E-state index contributed by atoms with van der Waals surface area (Å²) in [5.74, 6) is 0.794. The first kappa shape index (κ1) is 22.9. The van der Waals surface area contributed by atoms with Crippen molar-refractivity contribution in [2.45, 2.75) is 32.4 Å². The van der Waals surface area contributed by atoms with E-state index < -0.39 is 6.04 Å². The Morgan fingerprint density at radius 1 is 1.06 bits per heavy atom. The van der Waals surface area contributed by atoms with Gasteiger partial charge < -0.3 is 20.1 Å². The lowest BCUT2D eigenvalue weighted by molar-refractivity contribution is -0.134. The van der Waals surface area contributed by atoms with Crippen LogP contribution in [-0.2, 0) is 22.5 Å². The fraction of sp³-hybridized carbons (Fsp3) is 0.346. The highest BCUT2D eigenvalue weighted by Gasteiger charge is 2.20. The minimum absolute atomic E-state index is 0.0464. The van der Waals surface area contributed by atoms with E-state index in [1.54, 1.807) is 17.3 Å². The van der Waals surface area contributed by atoms with Crippen molar-refractivity contribution in [2.75, 3.05) is 26.4 Å². The molecular weight excluding hydrogens is 416 g/mol. The monoisotopic (exact) mass is 446 g/mol. The average Bonchev–Trinajstić information content (AvgIpc) is 2.85. The molecule has 1 aliphatic rings. The second-order valence-electron chi connectivity index (χ2n) is 8.18. The van der Waals surface area contributed by atoms with Gasteiger partial charge in [-0.3, -0.25) is 4.79 Å². The lowest BCUT2D eigenvalue weighted by Gasteiger charge is -2.26. The minimum atomic E-state index is -0.498. The van der Waals surface area contributed by atoms with Gasteiger partial charge in [0.05, 0.1) is 19.3 Å². The number of hydrogen-bond acceptors (Lipinski definition) is 6. The number of carbonyl (C=O) groups is 1. The molecular formula is C26H30N4O3. The van der Waals surface area contributed by atoms with Crippen LogP contribution in [0.3, 0.4) is 0 Å². The number of nitrogens with two attached hydrogens (primary N) is 1. The quantitative estimate of drug-likeness (QED) is 0.664. The maximum Gasteiger partial charge on any atom is 0.239 e. The highest BCUT2D eigenvalue weighted by molar-refractivity contribution is 5.81. The zero-order chi connectivity index (χ0) is 23.0. The molecule has 3 aromatic rings. The molecule has 2 N–H and O–H groups in total. The largest absolute Gasteiger partial charge is 0.491 e. The van der Waals surface area contributed by atoms with Crippen LogP contribution in [0, 0.1) is 0 Å². The maximum atomic E-state index is 12.8. The van der Waals surface area contributed by atoms with E-state index >= 15 is 0 Å². The van der Waals surface area contributed by atoms with Crippen LogP contribution >= 0.6 is 0 Å². The smallest absolute Gasteiger partial charge is 0.239 e. The first-order valence-corrected chi connectivity index (χ1v) is 11.3. The maximum absolute atomic E-state index is 12.8.